The van der Waals surface area contributed by atoms with Crippen molar-refractivity contribution >= 4 is 28.7 Å². The fraction of sp³-hybridized carbons (Fsp3) is 0.929. The highest BCUT2D eigenvalue weighted by Gasteiger charge is 2.34. The van der Waals surface area contributed by atoms with E-state index in [0.29, 0.717) is 11.5 Å². The Balaban J connectivity index is 1.79. The molecule has 0 aromatic heterocycles. The van der Waals surface area contributed by atoms with Crippen molar-refractivity contribution in [3.63, 3.8) is 0 Å². The molecule has 0 aromatic carbocycles. The van der Waals surface area contributed by atoms with Gasteiger partial charge >= 0.3 is 0 Å². The molecule has 1 spiro atoms. The highest BCUT2D eigenvalue weighted by molar-refractivity contribution is 8.13. The van der Waals surface area contributed by atoms with Crippen LogP contribution in [0, 0.1) is 5.41 Å². The third kappa shape index (κ3) is 4.09. The maximum absolute atomic E-state index is 4.81. The topological polar surface area (TPSA) is 24.4 Å². The number of thioether (sulfide) groups is 2. The lowest BCUT2D eigenvalue weighted by Crippen LogP contribution is -2.40. The van der Waals surface area contributed by atoms with E-state index in [4.69, 9.17) is 4.99 Å². The average molecular weight is 287 g/mol. The minimum absolute atomic E-state index is 0.543. The first-order chi connectivity index (χ1) is 8.74. The summed E-state index contributed by atoms with van der Waals surface area (Å²) in [4.78, 5) is 4.81. The van der Waals surface area contributed by atoms with Crippen LogP contribution in [0.2, 0.25) is 0 Å². The van der Waals surface area contributed by atoms with Crippen molar-refractivity contribution in [2.75, 3.05) is 23.8 Å². The summed E-state index contributed by atoms with van der Waals surface area (Å²) in [6.45, 7) is 5.55. The van der Waals surface area contributed by atoms with Crippen molar-refractivity contribution in [3.8, 4) is 0 Å². The molecule has 0 bridgehead atoms. The van der Waals surface area contributed by atoms with E-state index < -0.39 is 0 Å². The maximum Gasteiger partial charge on any atom is 0.156 e. The second kappa shape index (κ2) is 7.09. The van der Waals surface area contributed by atoms with Gasteiger partial charge in [0.1, 0.15) is 0 Å². The van der Waals surface area contributed by atoms with Gasteiger partial charge in [-0.25, -0.2) is 0 Å². The third-order valence-corrected chi connectivity index (χ3v) is 6.35. The van der Waals surface area contributed by atoms with Crippen LogP contribution in [-0.4, -0.2) is 35.0 Å². The van der Waals surface area contributed by atoms with Crippen LogP contribution in [0.1, 0.15) is 46.0 Å². The first-order valence-electron chi connectivity index (χ1n) is 7.26. The van der Waals surface area contributed by atoms with Crippen LogP contribution in [0.3, 0.4) is 0 Å². The average Bonchev–Trinajstić information content (AvgIpc) is 2.40. The van der Waals surface area contributed by atoms with Crippen LogP contribution in [0.15, 0.2) is 4.99 Å². The second-order valence-electron chi connectivity index (χ2n) is 5.68. The van der Waals surface area contributed by atoms with E-state index in [2.05, 4.69) is 19.2 Å². The molecule has 1 heterocycles. The second-order valence-corrected chi connectivity index (χ2v) is 7.96. The van der Waals surface area contributed by atoms with Crippen LogP contribution in [0.5, 0.6) is 0 Å². The Bertz CT molecular complexity index is 286. The number of nitrogens with zero attached hydrogens (tertiary/aromatic N) is 1. The molecule has 0 radical (unpaired) electrons. The molecule has 1 aliphatic heterocycles. The van der Waals surface area contributed by atoms with Crippen molar-refractivity contribution in [3.05, 3.63) is 0 Å². The molecule has 0 amide bonds. The number of hydrogen-bond donors (Lipinski definition) is 1. The fourth-order valence-corrected chi connectivity index (χ4v) is 4.73. The number of hydrogen-bond acceptors (Lipinski definition) is 4. The highest BCUT2D eigenvalue weighted by atomic mass is 32.2. The molecule has 18 heavy (non-hydrogen) atoms. The van der Waals surface area contributed by atoms with E-state index in [9.17, 15) is 0 Å². The van der Waals surface area contributed by atoms with Gasteiger partial charge in [0, 0.05) is 24.1 Å². The number of aliphatic imine (C=N–C) groups is 1. The van der Waals surface area contributed by atoms with Gasteiger partial charge in [0.25, 0.3) is 0 Å². The summed E-state index contributed by atoms with van der Waals surface area (Å²) in [5.74, 6) is 3.67. The van der Waals surface area contributed by atoms with Gasteiger partial charge in [0.2, 0.25) is 0 Å². The molecule has 1 unspecified atom stereocenters. The Morgan fingerprint density at radius 3 is 2.78 bits per heavy atom. The van der Waals surface area contributed by atoms with Gasteiger partial charge in [0.15, 0.2) is 5.17 Å². The van der Waals surface area contributed by atoms with Gasteiger partial charge < -0.3 is 5.32 Å². The summed E-state index contributed by atoms with van der Waals surface area (Å²) in [7, 11) is 0. The predicted molar refractivity (Wildman–Crippen MR) is 85.9 cm³/mol. The number of amidine groups is 1. The first kappa shape index (κ1) is 14.6. The molecule has 2 rings (SSSR count). The molecule has 1 fully saturated rings. The normalized spacial score (nSPS) is 24.7. The molecule has 1 aliphatic carbocycles. The monoisotopic (exact) mass is 286 g/mol. The molecule has 0 aromatic rings. The Hall–Kier alpha value is 0.170. The van der Waals surface area contributed by atoms with Crippen LogP contribution in [0.25, 0.3) is 0 Å². The summed E-state index contributed by atoms with van der Waals surface area (Å²) in [6, 6.07) is 0.543. The predicted octanol–water partition coefficient (Wildman–Crippen LogP) is 3.77. The lowest BCUT2D eigenvalue weighted by Gasteiger charge is -2.38. The van der Waals surface area contributed by atoms with Crippen LogP contribution >= 0.6 is 23.5 Å². The molecule has 1 atom stereocenters. The fourth-order valence-electron chi connectivity index (χ4n) is 2.79. The quantitative estimate of drug-likeness (QED) is 0.851. The van der Waals surface area contributed by atoms with E-state index in [1.165, 1.54) is 54.5 Å². The lowest BCUT2D eigenvalue weighted by molar-refractivity contribution is 0.232. The summed E-state index contributed by atoms with van der Waals surface area (Å²) in [5, 5.41) is 4.76. The highest BCUT2D eigenvalue weighted by Crippen LogP contribution is 2.41. The van der Waals surface area contributed by atoms with Crippen molar-refractivity contribution in [1.29, 1.82) is 0 Å². The maximum atomic E-state index is 4.81. The van der Waals surface area contributed by atoms with Crippen molar-refractivity contribution in [1.82, 2.24) is 5.32 Å². The molecule has 2 aliphatic rings. The Labute approximate surface area is 120 Å². The Kier molecular flexibility index (Phi) is 5.74. The molecule has 4 heteroatoms. The summed E-state index contributed by atoms with van der Waals surface area (Å²) < 4.78 is 0. The smallest absolute Gasteiger partial charge is 0.156 e. The number of rotatable bonds is 4. The molecule has 0 saturated heterocycles. The van der Waals surface area contributed by atoms with E-state index in [0.717, 1.165) is 6.54 Å². The first-order valence-corrected chi connectivity index (χ1v) is 9.40. The van der Waals surface area contributed by atoms with Gasteiger partial charge in [-0.2, -0.15) is 11.8 Å². The van der Waals surface area contributed by atoms with Crippen LogP contribution in [-0.2, 0) is 0 Å². The van der Waals surface area contributed by atoms with Gasteiger partial charge in [-0.15, -0.1) is 0 Å². The Morgan fingerprint density at radius 2 is 2.17 bits per heavy atom. The standard InChI is InChI=1S/C14H26N2S2/c1-3-17-9-12(2)16-13-15-10-14(11-18-13)7-5-4-6-8-14/h12H,3-11H2,1-2H3,(H,15,16). The van der Waals surface area contributed by atoms with Gasteiger partial charge in [-0.05, 0) is 30.9 Å². The van der Waals surface area contributed by atoms with E-state index in [-0.39, 0.29) is 0 Å². The van der Waals surface area contributed by atoms with Crippen molar-refractivity contribution in [2.24, 2.45) is 10.4 Å². The molecular formula is C14H26N2S2. The number of nitrogens with one attached hydrogen (secondary N) is 1. The molecular weight excluding hydrogens is 260 g/mol. The largest absolute Gasteiger partial charge is 0.362 e. The van der Waals surface area contributed by atoms with Crippen LogP contribution in [0.4, 0.5) is 0 Å². The SMILES string of the molecule is CCSCC(C)NC1=NCC2(CCCCC2)CS1. The molecule has 1 N–H and O–H groups in total. The zero-order valence-electron chi connectivity index (χ0n) is 11.7. The van der Waals surface area contributed by atoms with Gasteiger partial charge in [-0.1, -0.05) is 37.9 Å². The molecule has 1 saturated carbocycles. The summed E-state index contributed by atoms with van der Waals surface area (Å²) >= 11 is 3.96. The Morgan fingerprint density at radius 1 is 1.39 bits per heavy atom. The van der Waals surface area contributed by atoms with E-state index in [1.54, 1.807) is 0 Å². The zero-order valence-corrected chi connectivity index (χ0v) is 13.3. The van der Waals surface area contributed by atoms with Crippen molar-refractivity contribution < 1.29 is 0 Å². The third-order valence-electron chi connectivity index (χ3n) is 3.93. The minimum Gasteiger partial charge on any atom is -0.362 e. The zero-order chi connectivity index (χ0) is 12.8. The van der Waals surface area contributed by atoms with E-state index >= 15 is 0 Å². The molecule has 2 nitrogen and oxygen atoms in total. The summed E-state index contributed by atoms with van der Waals surface area (Å²) in [6.07, 6.45) is 7.08. The van der Waals surface area contributed by atoms with E-state index in [1.807, 2.05) is 23.5 Å². The lowest BCUT2D eigenvalue weighted by atomic mass is 9.75. The van der Waals surface area contributed by atoms with Crippen LogP contribution < -0.4 is 5.32 Å². The molecule has 104 valence electrons. The minimum atomic E-state index is 0.543. The van der Waals surface area contributed by atoms with Crippen molar-refractivity contribution in [2.45, 2.75) is 52.0 Å². The van der Waals surface area contributed by atoms with Gasteiger partial charge in [-0.3, -0.25) is 4.99 Å². The van der Waals surface area contributed by atoms with Gasteiger partial charge in [0.05, 0.1) is 0 Å². The summed E-state index contributed by atoms with van der Waals surface area (Å²) in [5.41, 5.74) is 0.551.